The summed E-state index contributed by atoms with van der Waals surface area (Å²) in [5, 5.41) is 23.6. The number of carbonyl (C=O) groups is 1. The average Bonchev–Trinajstić information content (AvgIpc) is 3.21. The van der Waals surface area contributed by atoms with Crippen molar-refractivity contribution >= 4 is 17.7 Å². The van der Waals surface area contributed by atoms with Crippen LogP contribution in [-0.2, 0) is 5.41 Å². The Morgan fingerprint density at radius 3 is 2.36 bits per heavy atom. The normalized spacial score (nSPS) is 18.3. The molecule has 3 N–H and O–H groups in total. The summed E-state index contributed by atoms with van der Waals surface area (Å²) in [6.45, 7) is 21.5. The molecule has 310 valence electrons. The molecule has 0 saturated carbocycles. The molecule has 0 aromatic heterocycles. The second kappa shape index (κ2) is 19.3. The van der Waals surface area contributed by atoms with Crippen LogP contribution < -0.4 is 25.1 Å². The average molecular weight is 791 g/mol. The molecular weight excluding hydrogens is 729 g/mol. The number of hydrazine groups is 1. The van der Waals surface area contributed by atoms with Crippen LogP contribution >= 0.6 is 0 Å². The number of carbonyl (C=O) groups excluding carboxylic acids is 1. The molecule has 0 radical (unpaired) electrons. The van der Waals surface area contributed by atoms with Gasteiger partial charge in [0.1, 0.15) is 30.8 Å². The van der Waals surface area contributed by atoms with Gasteiger partial charge in [0.2, 0.25) is 0 Å². The van der Waals surface area contributed by atoms with E-state index in [0.29, 0.717) is 30.4 Å². The van der Waals surface area contributed by atoms with Gasteiger partial charge in [-0.2, -0.15) is 10.7 Å². The minimum absolute atomic E-state index is 0.0119. The van der Waals surface area contributed by atoms with Gasteiger partial charge in [0.25, 0.3) is 0 Å². The van der Waals surface area contributed by atoms with Crippen LogP contribution in [0.4, 0.5) is 5.69 Å². The largest absolute Gasteiger partial charge is 0.491 e. The monoisotopic (exact) mass is 790 g/mol. The van der Waals surface area contributed by atoms with Gasteiger partial charge in [0.15, 0.2) is 12.1 Å². The summed E-state index contributed by atoms with van der Waals surface area (Å²) in [5.41, 5.74) is 10.1. The molecule has 3 aromatic carbocycles. The number of aliphatic imine (C=N–C) groups is 1. The Bertz CT molecular complexity index is 1970. The van der Waals surface area contributed by atoms with Crippen LogP contribution in [0.2, 0.25) is 0 Å². The molecule has 1 unspecified atom stereocenters. The standard InChI is InChI=1S/C46H62N8O4/c1-32(2)43(55)42-13-10-40(27-33(42)3)54-22-20-53(21-23-54)30-35-15-18-52(19-16-35)24-25-57-44-34(4)26-38(28-36(44)29-47)46(5,6)37-8-11-41(12-9-37)58-31-39-14-17-48-45(49-39)50-51(7)56/h8-14,17,26-28,32,35,45,49-50,56H,15-16,18-25,30-31H2,1-7H3. The summed E-state index contributed by atoms with van der Waals surface area (Å²) in [5.74, 6) is 2.35. The highest BCUT2D eigenvalue weighted by Gasteiger charge is 2.27. The molecule has 3 aromatic rings. The maximum atomic E-state index is 12.5. The smallest absolute Gasteiger partial charge is 0.187 e. The zero-order valence-corrected chi connectivity index (χ0v) is 35.4. The van der Waals surface area contributed by atoms with Crippen molar-refractivity contribution in [2.24, 2.45) is 16.8 Å². The van der Waals surface area contributed by atoms with Crippen molar-refractivity contribution in [3.05, 3.63) is 99.8 Å². The van der Waals surface area contributed by atoms with Crippen molar-refractivity contribution in [1.82, 2.24) is 25.7 Å². The van der Waals surface area contributed by atoms with E-state index in [2.05, 4.69) is 87.6 Å². The molecule has 3 aliphatic heterocycles. The van der Waals surface area contributed by atoms with Gasteiger partial charge >= 0.3 is 0 Å². The highest BCUT2D eigenvalue weighted by molar-refractivity contribution is 5.99. The van der Waals surface area contributed by atoms with Crippen LogP contribution in [-0.4, -0.2) is 111 Å². The molecule has 3 aliphatic rings. The quantitative estimate of drug-likeness (QED) is 0.112. The lowest BCUT2D eigenvalue weighted by atomic mass is 9.77. The summed E-state index contributed by atoms with van der Waals surface area (Å²) in [6, 6.07) is 20.9. The molecule has 2 saturated heterocycles. The number of benzene rings is 3. The van der Waals surface area contributed by atoms with Crippen LogP contribution in [0.3, 0.4) is 0 Å². The first kappa shape index (κ1) is 42.8. The van der Waals surface area contributed by atoms with E-state index in [9.17, 15) is 15.3 Å². The molecule has 1 atom stereocenters. The van der Waals surface area contributed by atoms with E-state index in [-0.39, 0.29) is 17.1 Å². The SMILES string of the molecule is Cc1cc(N2CCN(CC3CCN(CCOc4c(C)cc(C(C)(C)c5ccc(OCC6=CC=NC(NN(C)O)N6)cc5)cc4C#N)CC3)CC2)ccc1C(=O)C(C)C. The summed E-state index contributed by atoms with van der Waals surface area (Å²) in [7, 11) is 1.48. The number of piperazine rings is 1. The number of Topliss-reactive ketones (excluding diaryl/α,β-unsaturated/α-hetero) is 1. The number of rotatable bonds is 16. The minimum atomic E-state index is -0.473. The Morgan fingerprint density at radius 2 is 1.71 bits per heavy atom. The number of aryl methyl sites for hydroxylation is 2. The second-order valence-corrected chi connectivity index (χ2v) is 16.8. The Labute approximate surface area is 345 Å². The number of ketones is 1. The number of nitrogens with one attached hydrogen (secondary N) is 2. The summed E-state index contributed by atoms with van der Waals surface area (Å²) >= 11 is 0. The number of hydrogen-bond acceptors (Lipinski definition) is 12. The highest BCUT2D eigenvalue weighted by Crippen LogP contribution is 2.37. The molecule has 0 spiro atoms. The van der Waals surface area contributed by atoms with Crippen LogP contribution in [0.15, 0.2) is 71.4 Å². The molecule has 0 aliphatic carbocycles. The zero-order valence-electron chi connectivity index (χ0n) is 35.4. The fourth-order valence-corrected chi connectivity index (χ4v) is 8.17. The molecule has 12 nitrogen and oxygen atoms in total. The van der Waals surface area contributed by atoms with Crippen LogP contribution in [0.5, 0.6) is 11.5 Å². The first-order valence-corrected chi connectivity index (χ1v) is 20.7. The Hall–Kier alpha value is -4.77. The Kier molecular flexibility index (Phi) is 14.3. The molecule has 0 amide bonds. The number of hydrogen-bond donors (Lipinski definition) is 3. The lowest BCUT2D eigenvalue weighted by Gasteiger charge is -2.39. The third kappa shape index (κ3) is 10.8. The van der Waals surface area contributed by atoms with Crippen molar-refractivity contribution in [3.63, 3.8) is 0 Å². The third-order valence-electron chi connectivity index (χ3n) is 11.8. The van der Waals surface area contributed by atoms with Gasteiger partial charge in [-0.15, -0.1) is 5.17 Å². The van der Waals surface area contributed by atoms with E-state index in [0.717, 1.165) is 96.8 Å². The number of piperidine rings is 1. The Balaban J connectivity index is 0.934. The molecule has 12 heteroatoms. The number of anilines is 1. The lowest BCUT2D eigenvalue weighted by Crippen LogP contribution is -2.49. The van der Waals surface area contributed by atoms with Gasteiger partial charge in [-0.3, -0.25) is 24.8 Å². The van der Waals surface area contributed by atoms with Crippen LogP contribution in [0, 0.1) is 37.0 Å². The van der Waals surface area contributed by atoms with Gasteiger partial charge in [-0.1, -0.05) is 45.9 Å². The van der Waals surface area contributed by atoms with Crippen LogP contribution in [0.25, 0.3) is 0 Å². The fraction of sp³-hybridized carbons (Fsp3) is 0.500. The van der Waals surface area contributed by atoms with Crippen molar-refractivity contribution in [2.45, 2.75) is 66.1 Å². The zero-order chi connectivity index (χ0) is 41.4. The van der Waals surface area contributed by atoms with Gasteiger partial charge < -0.3 is 19.7 Å². The fourth-order valence-electron chi connectivity index (χ4n) is 8.17. The molecule has 3 heterocycles. The molecule has 6 rings (SSSR count). The maximum Gasteiger partial charge on any atom is 0.187 e. The van der Waals surface area contributed by atoms with E-state index in [4.69, 9.17) is 9.47 Å². The minimum Gasteiger partial charge on any atom is -0.491 e. The topological polar surface area (TPSA) is 129 Å². The number of hydroxylamine groups is 1. The van der Waals surface area contributed by atoms with E-state index >= 15 is 0 Å². The molecule has 2 fully saturated rings. The summed E-state index contributed by atoms with van der Waals surface area (Å²) in [4.78, 5) is 24.3. The number of likely N-dealkylation sites (tertiary alicyclic amines) is 1. The van der Waals surface area contributed by atoms with Gasteiger partial charge in [-0.05, 0) is 110 Å². The Morgan fingerprint density at radius 1 is 0.983 bits per heavy atom. The van der Waals surface area contributed by atoms with E-state index in [1.54, 1.807) is 6.21 Å². The van der Waals surface area contributed by atoms with E-state index in [1.165, 1.54) is 25.6 Å². The second-order valence-electron chi connectivity index (χ2n) is 16.8. The van der Waals surface area contributed by atoms with E-state index in [1.807, 2.05) is 51.1 Å². The first-order chi connectivity index (χ1) is 27.8. The number of nitrogens with zero attached hydrogens (tertiary/aromatic N) is 6. The van der Waals surface area contributed by atoms with E-state index < -0.39 is 6.29 Å². The number of ether oxygens (including phenoxy) is 2. The predicted molar refractivity (Wildman–Crippen MR) is 230 cm³/mol. The predicted octanol–water partition coefficient (Wildman–Crippen LogP) is 6.30. The summed E-state index contributed by atoms with van der Waals surface area (Å²) in [6.07, 6.45) is 5.42. The maximum absolute atomic E-state index is 12.5. The third-order valence-corrected chi connectivity index (χ3v) is 11.8. The van der Waals surface area contributed by atoms with Crippen molar-refractivity contribution in [3.8, 4) is 17.6 Å². The number of allylic oxidation sites excluding steroid dienone is 1. The van der Waals surface area contributed by atoms with Crippen molar-refractivity contribution in [2.75, 3.05) is 77.5 Å². The first-order valence-electron chi connectivity index (χ1n) is 20.7. The van der Waals surface area contributed by atoms with Gasteiger partial charge in [-0.25, -0.2) is 0 Å². The molecular formula is C46H62N8O4. The van der Waals surface area contributed by atoms with Gasteiger partial charge in [0.05, 0.1) is 11.3 Å². The molecule has 58 heavy (non-hydrogen) atoms. The lowest BCUT2D eigenvalue weighted by molar-refractivity contribution is -0.124. The highest BCUT2D eigenvalue weighted by atomic mass is 16.5. The van der Waals surface area contributed by atoms with Crippen LogP contribution in [0.1, 0.15) is 78.7 Å². The summed E-state index contributed by atoms with van der Waals surface area (Å²) < 4.78 is 12.4. The van der Waals surface area contributed by atoms with Gasteiger partial charge in [0, 0.05) is 75.1 Å². The van der Waals surface area contributed by atoms with Crippen molar-refractivity contribution in [1.29, 1.82) is 5.26 Å². The number of nitriles is 1. The molecule has 0 bridgehead atoms. The van der Waals surface area contributed by atoms with Crippen molar-refractivity contribution < 1.29 is 19.5 Å².